The molecule has 2 fully saturated rings. The van der Waals surface area contributed by atoms with E-state index in [0.717, 1.165) is 49.2 Å². The van der Waals surface area contributed by atoms with Gasteiger partial charge in [0, 0.05) is 12.5 Å². The van der Waals surface area contributed by atoms with Gasteiger partial charge in [-0.1, -0.05) is 30.8 Å². The molecule has 35 heavy (non-hydrogen) atoms. The second-order valence-corrected chi connectivity index (χ2v) is 10.4. The number of halogens is 2. The molecular formula is C29H40F2O4. The molecule has 0 spiro atoms. The highest BCUT2D eigenvalue weighted by Gasteiger charge is 2.34. The Kier molecular flexibility index (Phi) is 10.9. The minimum atomic E-state index is -1.61. The van der Waals surface area contributed by atoms with Gasteiger partial charge >= 0.3 is 5.97 Å². The van der Waals surface area contributed by atoms with Crippen LogP contribution in [0.5, 0.6) is 0 Å². The first kappa shape index (κ1) is 27.5. The predicted molar refractivity (Wildman–Crippen MR) is 133 cm³/mol. The summed E-state index contributed by atoms with van der Waals surface area (Å²) in [5.74, 6) is 1.79. The largest absolute Gasteiger partial charge is 0.462 e. The normalized spacial score (nSPS) is 25.5. The van der Waals surface area contributed by atoms with Gasteiger partial charge in [0.25, 0.3) is 6.08 Å². The van der Waals surface area contributed by atoms with E-state index in [9.17, 15) is 18.7 Å². The average molecular weight is 491 g/mol. The molecule has 0 amide bonds. The van der Waals surface area contributed by atoms with Gasteiger partial charge in [0.15, 0.2) is 0 Å². The van der Waals surface area contributed by atoms with Crippen molar-refractivity contribution in [3.63, 3.8) is 0 Å². The first-order valence-electron chi connectivity index (χ1n) is 13.1. The zero-order chi connectivity index (χ0) is 25.2. The second-order valence-electron chi connectivity index (χ2n) is 10.4. The molecule has 0 bridgehead atoms. The van der Waals surface area contributed by atoms with E-state index in [1.165, 1.54) is 31.2 Å². The maximum absolute atomic E-state index is 12.2. The zero-order valence-electron chi connectivity index (χ0n) is 20.6. The van der Waals surface area contributed by atoms with E-state index in [-0.39, 0.29) is 24.7 Å². The monoisotopic (exact) mass is 490 g/mol. The Labute approximate surface area is 208 Å². The Hall–Kier alpha value is -2.05. The number of esters is 1. The van der Waals surface area contributed by atoms with E-state index in [1.807, 2.05) is 0 Å². The number of carbonyl (C=O) groups excluding carboxylic acids is 1. The minimum Gasteiger partial charge on any atom is -0.462 e. The number of aryl methyl sites for hydroxylation is 1. The first-order valence-corrected chi connectivity index (χ1v) is 13.1. The minimum absolute atomic E-state index is 0.00154. The molecule has 1 atom stereocenters. The van der Waals surface area contributed by atoms with Gasteiger partial charge in [-0.05, 0) is 105 Å². The van der Waals surface area contributed by atoms with Gasteiger partial charge in [0.1, 0.15) is 0 Å². The highest BCUT2D eigenvalue weighted by atomic mass is 19.3. The Morgan fingerprint density at radius 3 is 2.14 bits per heavy atom. The van der Waals surface area contributed by atoms with Crippen molar-refractivity contribution in [2.24, 2.45) is 23.7 Å². The maximum Gasteiger partial charge on any atom is 0.335 e. The summed E-state index contributed by atoms with van der Waals surface area (Å²) in [7, 11) is 0. The highest BCUT2D eigenvalue weighted by Crippen LogP contribution is 2.45. The summed E-state index contributed by atoms with van der Waals surface area (Å²) < 4.78 is 29.6. The van der Waals surface area contributed by atoms with Crippen LogP contribution < -0.4 is 0 Å². The molecule has 194 valence electrons. The van der Waals surface area contributed by atoms with Crippen LogP contribution >= 0.6 is 0 Å². The number of hydrogen-bond acceptors (Lipinski definition) is 4. The van der Waals surface area contributed by atoms with E-state index in [4.69, 9.17) is 9.84 Å². The number of ether oxygens (including phenoxy) is 1. The average Bonchev–Trinajstić information content (AvgIpc) is 2.89. The Bertz CT molecular complexity index is 831. The van der Waals surface area contributed by atoms with Crippen LogP contribution in [0.3, 0.4) is 0 Å². The van der Waals surface area contributed by atoms with Gasteiger partial charge in [0.05, 0.1) is 18.8 Å². The molecule has 2 aliphatic carbocycles. The molecule has 0 saturated heterocycles. The van der Waals surface area contributed by atoms with E-state index in [0.29, 0.717) is 24.7 Å². The number of allylic oxidation sites excluding steroid dienone is 1. The summed E-state index contributed by atoms with van der Waals surface area (Å²) in [6.07, 6.45) is 9.71. The van der Waals surface area contributed by atoms with Crippen molar-refractivity contribution in [2.45, 2.75) is 70.1 Å². The van der Waals surface area contributed by atoms with Crippen molar-refractivity contribution in [3.05, 3.63) is 59.7 Å². The number of hydrogen-bond donors (Lipinski definition) is 2. The second kappa shape index (κ2) is 13.9. The summed E-state index contributed by atoms with van der Waals surface area (Å²) in [5, 5.41) is 18.8. The van der Waals surface area contributed by atoms with Crippen molar-refractivity contribution in [1.29, 1.82) is 0 Å². The molecule has 1 aromatic carbocycles. The van der Waals surface area contributed by atoms with Crippen LogP contribution in [-0.4, -0.2) is 36.0 Å². The van der Waals surface area contributed by atoms with Crippen LogP contribution in [0.4, 0.5) is 8.78 Å². The fourth-order valence-electron chi connectivity index (χ4n) is 6.00. The van der Waals surface area contributed by atoms with E-state index in [2.05, 4.69) is 30.8 Å². The summed E-state index contributed by atoms with van der Waals surface area (Å²) in [4.78, 5) is 11.8. The Morgan fingerprint density at radius 1 is 1.00 bits per heavy atom. The molecule has 4 nitrogen and oxygen atoms in total. The number of carbonyl (C=O) groups is 1. The molecule has 3 rings (SSSR count). The molecule has 0 heterocycles. The van der Waals surface area contributed by atoms with Gasteiger partial charge in [0.2, 0.25) is 0 Å². The Balaban J connectivity index is 1.40. The van der Waals surface area contributed by atoms with Gasteiger partial charge in [-0.15, -0.1) is 0 Å². The molecule has 2 N–H and O–H groups in total. The van der Waals surface area contributed by atoms with Crippen LogP contribution in [0.1, 0.15) is 74.8 Å². The fourth-order valence-corrected chi connectivity index (χ4v) is 6.00. The van der Waals surface area contributed by atoms with Gasteiger partial charge in [-0.3, -0.25) is 0 Å². The molecule has 0 aliphatic heterocycles. The lowest BCUT2D eigenvalue weighted by Crippen LogP contribution is -2.31. The van der Waals surface area contributed by atoms with Crippen LogP contribution in [0.2, 0.25) is 0 Å². The predicted octanol–water partition coefficient (Wildman–Crippen LogP) is 6.18. The fraction of sp³-hybridized carbons (Fsp3) is 0.621. The van der Waals surface area contributed by atoms with E-state index < -0.39 is 18.7 Å². The summed E-state index contributed by atoms with van der Waals surface area (Å²) in [5.41, 5.74) is 2.51. The van der Waals surface area contributed by atoms with Crippen LogP contribution in [0.15, 0.2) is 48.6 Å². The van der Waals surface area contributed by atoms with Crippen LogP contribution in [0, 0.1) is 23.7 Å². The third-order valence-corrected chi connectivity index (χ3v) is 8.25. The molecule has 2 aliphatic rings. The van der Waals surface area contributed by atoms with Crippen molar-refractivity contribution in [2.75, 3.05) is 19.8 Å². The lowest BCUT2D eigenvalue weighted by Gasteiger charge is -2.39. The number of rotatable bonds is 11. The smallest absolute Gasteiger partial charge is 0.335 e. The number of aliphatic hydroxyl groups excluding tert-OH is 2. The molecule has 2 saturated carbocycles. The lowest BCUT2D eigenvalue weighted by molar-refractivity contribution is -0.142. The topological polar surface area (TPSA) is 66.8 Å². The van der Waals surface area contributed by atoms with Crippen LogP contribution in [0.25, 0.3) is 0 Å². The van der Waals surface area contributed by atoms with Gasteiger partial charge < -0.3 is 14.9 Å². The van der Waals surface area contributed by atoms with Gasteiger partial charge in [-0.25, -0.2) is 4.79 Å². The van der Waals surface area contributed by atoms with Crippen molar-refractivity contribution < 1.29 is 28.5 Å². The molecule has 1 aromatic rings. The molecule has 1 unspecified atom stereocenters. The van der Waals surface area contributed by atoms with Gasteiger partial charge in [-0.2, -0.15) is 8.78 Å². The van der Waals surface area contributed by atoms with Crippen molar-refractivity contribution in [1.82, 2.24) is 0 Å². The SMILES string of the molecule is C=C(CO)C(=O)OCC(CO)C1CCC(C2CCC(c3ccc(CCC=C(F)F)cc3)CC2)CC1. The quantitative estimate of drug-likeness (QED) is 0.287. The molecule has 6 heteroatoms. The summed E-state index contributed by atoms with van der Waals surface area (Å²) in [6, 6.07) is 8.53. The van der Waals surface area contributed by atoms with Crippen LogP contribution in [-0.2, 0) is 16.0 Å². The maximum atomic E-state index is 12.2. The van der Waals surface area contributed by atoms with Crippen molar-refractivity contribution >= 4 is 5.97 Å². The molecular weight excluding hydrogens is 450 g/mol. The van der Waals surface area contributed by atoms with Crippen molar-refractivity contribution in [3.8, 4) is 0 Å². The third kappa shape index (κ3) is 8.25. The molecule has 0 radical (unpaired) electrons. The number of aliphatic hydroxyl groups is 2. The number of benzene rings is 1. The summed E-state index contributed by atoms with van der Waals surface area (Å²) in [6.45, 7) is 3.25. The lowest BCUT2D eigenvalue weighted by atomic mass is 9.67. The third-order valence-electron chi connectivity index (χ3n) is 8.25. The Morgan fingerprint density at radius 2 is 1.60 bits per heavy atom. The summed E-state index contributed by atoms with van der Waals surface area (Å²) >= 11 is 0. The first-order chi connectivity index (χ1) is 16.9. The van der Waals surface area contributed by atoms with E-state index in [1.54, 1.807) is 0 Å². The standard InChI is InChI=1S/C29H40F2O4/c1-20(17-32)29(34)35-19-27(18-33)26-15-13-25(14-16-26)24-11-9-23(10-12-24)22-7-5-21(6-8-22)3-2-4-28(30)31/h4-8,23-27,32-33H,1-3,9-19H2. The zero-order valence-corrected chi connectivity index (χ0v) is 20.6. The molecule has 0 aromatic heterocycles. The van der Waals surface area contributed by atoms with E-state index >= 15 is 0 Å². The highest BCUT2D eigenvalue weighted by molar-refractivity contribution is 5.87.